The monoisotopic (exact) mass is 324 g/mol. The SMILES string of the molecule is C[C@H]1[C@H](c2ccccc2)OC(=O)N(C(=O)Cc2ccccc2)N1C. The zero-order valence-electron chi connectivity index (χ0n) is 13.8. The molecule has 0 aliphatic carbocycles. The van der Waals surface area contributed by atoms with Crippen molar-refractivity contribution in [3.8, 4) is 0 Å². The molecule has 0 saturated carbocycles. The molecule has 0 bridgehead atoms. The Labute approximate surface area is 141 Å². The van der Waals surface area contributed by atoms with E-state index in [9.17, 15) is 9.59 Å². The average Bonchev–Trinajstić information content (AvgIpc) is 2.60. The topological polar surface area (TPSA) is 49.9 Å². The summed E-state index contributed by atoms with van der Waals surface area (Å²) in [6.07, 6.45) is -0.877. The van der Waals surface area contributed by atoms with Crippen LogP contribution in [0.2, 0.25) is 0 Å². The van der Waals surface area contributed by atoms with Crippen LogP contribution in [0.15, 0.2) is 60.7 Å². The predicted octanol–water partition coefficient (Wildman–Crippen LogP) is 3.18. The van der Waals surface area contributed by atoms with Crippen LogP contribution in [0.3, 0.4) is 0 Å². The van der Waals surface area contributed by atoms with E-state index in [2.05, 4.69) is 0 Å². The Morgan fingerprint density at radius 2 is 1.62 bits per heavy atom. The Balaban J connectivity index is 1.77. The van der Waals surface area contributed by atoms with Crippen LogP contribution >= 0.6 is 0 Å². The van der Waals surface area contributed by atoms with Crippen molar-refractivity contribution in [2.75, 3.05) is 7.05 Å². The highest BCUT2D eigenvalue weighted by Gasteiger charge is 2.41. The number of likely N-dealkylation sites (N-methyl/N-ethyl adjacent to an activating group) is 1. The van der Waals surface area contributed by atoms with Crippen molar-refractivity contribution in [3.05, 3.63) is 71.8 Å². The predicted molar refractivity (Wildman–Crippen MR) is 89.9 cm³/mol. The molecule has 24 heavy (non-hydrogen) atoms. The first-order valence-corrected chi connectivity index (χ1v) is 7.93. The van der Waals surface area contributed by atoms with Crippen LogP contribution in [-0.2, 0) is 16.0 Å². The van der Waals surface area contributed by atoms with Crippen molar-refractivity contribution >= 4 is 12.0 Å². The molecule has 2 amide bonds. The van der Waals surface area contributed by atoms with Crippen molar-refractivity contribution in [2.24, 2.45) is 0 Å². The zero-order valence-corrected chi connectivity index (χ0v) is 13.8. The van der Waals surface area contributed by atoms with Gasteiger partial charge in [0.2, 0.25) is 0 Å². The van der Waals surface area contributed by atoms with Gasteiger partial charge in [-0.1, -0.05) is 60.7 Å². The van der Waals surface area contributed by atoms with E-state index in [-0.39, 0.29) is 18.4 Å². The van der Waals surface area contributed by atoms with Crippen LogP contribution in [0.4, 0.5) is 4.79 Å². The standard InChI is InChI=1S/C19H20N2O3/c1-14-18(16-11-7-4-8-12-16)24-19(23)21(20(14)2)17(22)13-15-9-5-3-6-10-15/h3-12,14,18H,13H2,1-2H3/t14-,18+/m0/s1. The lowest BCUT2D eigenvalue weighted by molar-refractivity contribution is -0.161. The van der Waals surface area contributed by atoms with E-state index in [1.807, 2.05) is 67.6 Å². The van der Waals surface area contributed by atoms with Crippen LogP contribution < -0.4 is 0 Å². The summed E-state index contributed by atoms with van der Waals surface area (Å²) in [5, 5.41) is 2.76. The zero-order chi connectivity index (χ0) is 17.1. The highest BCUT2D eigenvalue weighted by atomic mass is 16.6. The number of benzene rings is 2. The number of hydrazine groups is 1. The van der Waals surface area contributed by atoms with Crippen LogP contribution in [0.25, 0.3) is 0 Å². The lowest BCUT2D eigenvalue weighted by atomic mass is 10.0. The van der Waals surface area contributed by atoms with Gasteiger partial charge in [0.05, 0.1) is 12.5 Å². The summed E-state index contributed by atoms with van der Waals surface area (Å²) in [6.45, 7) is 1.94. The smallest absolute Gasteiger partial charge is 0.432 e. The molecule has 1 saturated heterocycles. The molecule has 0 spiro atoms. The second-order valence-electron chi connectivity index (χ2n) is 5.90. The van der Waals surface area contributed by atoms with E-state index in [1.165, 1.54) is 0 Å². The van der Waals surface area contributed by atoms with Gasteiger partial charge in [0.1, 0.15) is 6.10 Å². The van der Waals surface area contributed by atoms with Gasteiger partial charge in [-0.05, 0) is 18.1 Å². The summed E-state index contributed by atoms with van der Waals surface area (Å²) in [5.74, 6) is -0.299. The van der Waals surface area contributed by atoms with E-state index in [0.29, 0.717) is 0 Å². The molecular formula is C19H20N2O3. The molecule has 0 aromatic heterocycles. The Kier molecular flexibility index (Phi) is 4.62. The minimum atomic E-state index is -0.634. The number of carbonyl (C=O) groups excluding carboxylic acids is 2. The fourth-order valence-electron chi connectivity index (χ4n) is 2.88. The maximum absolute atomic E-state index is 12.6. The number of amides is 2. The van der Waals surface area contributed by atoms with Crippen LogP contribution in [-0.4, -0.2) is 35.1 Å². The van der Waals surface area contributed by atoms with E-state index in [4.69, 9.17) is 4.74 Å². The Hall–Kier alpha value is -2.66. The molecule has 0 radical (unpaired) electrons. The van der Waals surface area contributed by atoms with Gasteiger partial charge >= 0.3 is 6.09 Å². The molecule has 1 aliphatic rings. The van der Waals surface area contributed by atoms with Gasteiger partial charge in [0.15, 0.2) is 0 Å². The molecule has 2 atom stereocenters. The second-order valence-corrected chi connectivity index (χ2v) is 5.90. The van der Waals surface area contributed by atoms with Crippen LogP contribution in [0.1, 0.15) is 24.2 Å². The van der Waals surface area contributed by atoms with Gasteiger partial charge in [-0.2, -0.15) is 5.01 Å². The van der Waals surface area contributed by atoms with Gasteiger partial charge in [-0.3, -0.25) is 4.79 Å². The highest BCUT2D eigenvalue weighted by Crippen LogP contribution is 2.30. The highest BCUT2D eigenvalue weighted by molar-refractivity contribution is 5.92. The van der Waals surface area contributed by atoms with Gasteiger partial charge in [0.25, 0.3) is 5.91 Å². The number of carbonyl (C=O) groups is 2. The van der Waals surface area contributed by atoms with Gasteiger partial charge < -0.3 is 4.74 Å². The van der Waals surface area contributed by atoms with Crippen molar-refractivity contribution in [3.63, 3.8) is 0 Å². The fourth-order valence-corrected chi connectivity index (χ4v) is 2.88. The quantitative estimate of drug-likeness (QED) is 0.870. The normalized spacial score (nSPS) is 21.4. The summed E-state index contributed by atoms with van der Waals surface area (Å²) < 4.78 is 5.55. The number of hydrogen-bond donors (Lipinski definition) is 0. The molecule has 3 rings (SSSR count). The van der Waals surface area contributed by atoms with Gasteiger partial charge in [-0.25, -0.2) is 9.80 Å². The van der Waals surface area contributed by atoms with Gasteiger partial charge in [0, 0.05) is 7.05 Å². The van der Waals surface area contributed by atoms with Crippen molar-refractivity contribution < 1.29 is 14.3 Å². The van der Waals surface area contributed by atoms with E-state index >= 15 is 0 Å². The van der Waals surface area contributed by atoms with E-state index < -0.39 is 12.2 Å². The number of cyclic esters (lactones) is 1. The molecule has 0 unspecified atom stereocenters. The van der Waals surface area contributed by atoms with Crippen molar-refractivity contribution in [2.45, 2.75) is 25.5 Å². The molecule has 1 fully saturated rings. The number of ether oxygens (including phenoxy) is 1. The summed E-state index contributed by atoms with van der Waals surface area (Å²) in [4.78, 5) is 25.0. The van der Waals surface area contributed by atoms with Crippen molar-refractivity contribution in [1.82, 2.24) is 10.0 Å². The maximum atomic E-state index is 12.6. The van der Waals surface area contributed by atoms with Crippen LogP contribution in [0, 0.1) is 0 Å². The van der Waals surface area contributed by atoms with E-state index in [0.717, 1.165) is 16.1 Å². The first kappa shape index (κ1) is 16.2. The van der Waals surface area contributed by atoms with Gasteiger partial charge in [-0.15, -0.1) is 0 Å². The molecule has 2 aromatic carbocycles. The Morgan fingerprint density at radius 3 is 2.25 bits per heavy atom. The molecule has 1 heterocycles. The molecular weight excluding hydrogens is 304 g/mol. The summed E-state index contributed by atoms with van der Waals surface area (Å²) in [6, 6.07) is 18.8. The van der Waals surface area contributed by atoms with Crippen LogP contribution in [0.5, 0.6) is 0 Å². The van der Waals surface area contributed by atoms with E-state index in [1.54, 1.807) is 12.1 Å². The lowest BCUT2D eigenvalue weighted by Gasteiger charge is -2.42. The minimum Gasteiger partial charge on any atom is -0.438 e. The number of imide groups is 1. The number of nitrogens with zero attached hydrogens (tertiary/aromatic N) is 2. The third-order valence-corrected chi connectivity index (χ3v) is 4.31. The maximum Gasteiger partial charge on any atom is 0.432 e. The minimum absolute atomic E-state index is 0.148. The number of hydrogen-bond acceptors (Lipinski definition) is 4. The molecule has 5 heteroatoms. The third-order valence-electron chi connectivity index (χ3n) is 4.31. The number of rotatable bonds is 3. The summed E-state index contributed by atoms with van der Waals surface area (Å²) >= 11 is 0. The molecule has 5 nitrogen and oxygen atoms in total. The second kappa shape index (κ2) is 6.84. The first-order chi connectivity index (χ1) is 11.6. The van der Waals surface area contributed by atoms with Crippen molar-refractivity contribution in [1.29, 1.82) is 0 Å². The summed E-state index contributed by atoms with van der Waals surface area (Å²) in [7, 11) is 1.74. The molecule has 1 aliphatic heterocycles. The summed E-state index contributed by atoms with van der Waals surface area (Å²) in [5.41, 5.74) is 1.78. The molecule has 2 aromatic rings. The largest absolute Gasteiger partial charge is 0.438 e. The third kappa shape index (κ3) is 3.16. The molecule has 0 N–H and O–H groups in total. The Morgan fingerprint density at radius 1 is 1.04 bits per heavy atom. The fraction of sp³-hybridized carbons (Fsp3) is 0.263. The Bertz CT molecular complexity index is 718. The first-order valence-electron chi connectivity index (χ1n) is 7.93. The average molecular weight is 324 g/mol. The molecule has 124 valence electrons. The lowest BCUT2D eigenvalue weighted by Crippen LogP contribution is -2.58.